The van der Waals surface area contributed by atoms with Crippen molar-refractivity contribution >= 4 is 11.7 Å². The number of methoxy groups -OCH3 is 1. The lowest BCUT2D eigenvalue weighted by Crippen LogP contribution is -2.08. The first-order chi connectivity index (χ1) is 11.1. The van der Waals surface area contributed by atoms with E-state index in [1.807, 2.05) is 13.8 Å². The number of nitriles is 2. The van der Waals surface area contributed by atoms with Gasteiger partial charge in [0.05, 0.1) is 31.6 Å². The van der Waals surface area contributed by atoms with E-state index in [0.717, 1.165) is 0 Å². The summed E-state index contributed by atoms with van der Waals surface area (Å²) < 4.78 is 15.7. The van der Waals surface area contributed by atoms with Crippen molar-refractivity contribution in [3.05, 3.63) is 29.5 Å². The smallest absolute Gasteiger partial charge is 0.340 e. The van der Waals surface area contributed by atoms with Crippen molar-refractivity contribution in [3.63, 3.8) is 0 Å². The Labute approximate surface area is 134 Å². The summed E-state index contributed by atoms with van der Waals surface area (Å²) in [6.07, 6.45) is 1.21. The summed E-state index contributed by atoms with van der Waals surface area (Å²) in [7, 11) is 1.26. The van der Waals surface area contributed by atoms with Gasteiger partial charge in [-0.2, -0.15) is 10.5 Å². The van der Waals surface area contributed by atoms with Crippen molar-refractivity contribution < 1.29 is 19.0 Å². The number of carbonyl (C=O) groups excluding carboxylic acids is 1. The number of rotatable bonds is 7. The van der Waals surface area contributed by atoms with Crippen molar-refractivity contribution in [3.8, 4) is 23.6 Å². The maximum absolute atomic E-state index is 11.9. The highest BCUT2D eigenvalue weighted by molar-refractivity contribution is 5.97. The van der Waals surface area contributed by atoms with Crippen LogP contribution >= 0.6 is 0 Å². The van der Waals surface area contributed by atoms with Crippen LogP contribution in [0.2, 0.25) is 0 Å². The minimum absolute atomic E-state index is 0.132. The van der Waals surface area contributed by atoms with E-state index in [2.05, 4.69) is 5.32 Å². The number of hydrogen-bond acceptors (Lipinski definition) is 7. The average Bonchev–Trinajstić information content (AvgIpc) is 2.57. The molecule has 7 nitrogen and oxygen atoms in total. The third-order valence-electron chi connectivity index (χ3n) is 2.70. The largest absolute Gasteiger partial charge is 0.490 e. The maximum Gasteiger partial charge on any atom is 0.340 e. The Bertz CT molecular complexity index is 668. The molecule has 120 valence electrons. The van der Waals surface area contributed by atoms with Gasteiger partial charge >= 0.3 is 5.97 Å². The van der Waals surface area contributed by atoms with Crippen LogP contribution in [0, 0.1) is 22.7 Å². The van der Waals surface area contributed by atoms with Gasteiger partial charge in [-0.05, 0) is 13.8 Å². The first-order valence-electron chi connectivity index (χ1n) is 6.90. The number of nitrogens with zero attached hydrogens (tertiary/aromatic N) is 2. The number of benzene rings is 1. The summed E-state index contributed by atoms with van der Waals surface area (Å²) in [5.41, 5.74) is 0.408. The molecule has 0 saturated carbocycles. The predicted molar refractivity (Wildman–Crippen MR) is 83.1 cm³/mol. The lowest BCUT2D eigenvalue weighted by molar-refractivity contribution is 0.0601. The fraction of sp³-hybridized carbons (Fsp3) is 0.312. The lowest BCUT2D eigenvalue weighted by Gasteiger charge is -2.15. The molecule has 0 heterocycles. The van der Waals surface area contributed by atoms with Gasteiger partial charge in [0.1, 0.15) is 17.7 Å². The highest BCUT2D eigenvalue weighted by atomic mass is 16.5. The van der Waals surface area contributed by atoms with E-state index in [4.69, 9.17) is 24.7 Å². The number of allylic oxidation sites excluding steroid dienone is 1. The molecule has 0 unspecified atom stereocenters. The molecule has 1 rings (SSSR count). The van der Waals surface area contributed by atoms with Gasteiger partial charge in [-0.25, -0.2) is 4.79 Å². The Morgan fingerprint density at radius 2 is 1.74 bits per heavy atom. The fourth-order valence-electron chi connectivity index (χ4n) is 1.73. The summed E-state index contributed by atoms with van der Waals surface area (Å²) in [4.78, 5) is 11.9. The molecule has 0 fully saturated rings. The van der Waals surface area contributed by atoms with E-state index in [1.54, 1.807) is 18.2 Å². The first kappa shape index (κ1) is 17.9. The SMILES string of the molecule is CCOc1cc(NC=C(C#N)C#N)c(C(=O)OC)cc1OCC. The van der Waals surface area contributed by atoms with Crippen molar-refractivity contribution in [2.45, 2.75) is 13.8 Å². The van der Waals surface area contributed by atoms with E-state index >= 15 is 0 Å². The monoisotopic (exact) mass is 315 g/mol. The highest BCUT2D eigenvalue weighted by Crippen LogP contribution is 2.34. The summed E-state index contributed by atoms with van der Waals surface area (Å²) in [5, 5.41) is 20.3. The number of carbonyl (C=O) groups is 1. The standard InChI is InChI=1S/C16H17N3O4/c1-4-22-14-6-12(16(20)21-3)13(7-15(14)23-5-2)19-10-11(8-17)9-18/h6-7,10,19H,4-5H2,1-3H3. The molecule has 0 aliphatic carbocycles. The summed E-state index contributed by atoms with van der Waals surface area (Å²) in [5.74, 6) is 0.263. The number of ether oxygens (including phenoxy) is 3. The van der Waals surface area contributed by atoms with Crippen molar-refractivity contribution in [1.29, 1.82) is 10.5 Å². The Hall–Kier alpha value is -3.19. The fourth-order valence-corrected chi connectivity index (χ4v) is 1.73. The molecule has 1 aromatic carbocycles. The van der Waals surface area contributed by atoms with Crippen LogP contribution in [0.25, 0.3) is 0 Å². The van der Waals surface area contributed by atoms with Gasteiger partial charge in [0.2, 0.25) is 0 Å². The molecule has 0 aliphatic heterocycles. The van der Waals surface area contributed by atoms with E-state index < -0.39 is 5.97 Å². The molecule has 0 bridgehead atoms. The van der Waals surface area contributed by atoms with Crippen LogP contribution in [-0.4, -0.2) is 26.3 Å². The molecule has 23 heavy (non-hydrogen) atoms. The van der Waals surface area contributed by atoms with Gasteiger partial charge in [0, 0.05) is 18.3 Å². The third-order valence-corrected chi connectivity index (χ3v) is 2.70. The van der Waals surface area contributed by atoms with Crippen LogP contribution in [0.3, 0.4) is 0 Å². The van der Waals surface area contributed by atoms with Crippen LogP contribution in [-0.2, 0) is 4.74 Å². The predicted octanol–water partition coefficient (Wildman–Crippen LogP) is 2.61. The molecule has 0 atom stereocenters. The number of nitrogens with one attached hydrogen (secondary N) is 1. The van der Waals surface area contributed by atoms with Crippen LogP contribution in [0.1, 0.15) is 24.2 Å². The van der Waals surface area contributed by atoms with Gasteiger partial charge in [0.25, 0.3) is 0 Å². The molecule has 1 N–H and O–H groups in total. The number of anilines is 1. The minimum Gasteiger partial charge on any atom is -0.490 e. The van der Waals surface area contributed by atoms with Crippen LogP contribution in [0.4, 0.5) is 5.69 Å². The van der Waals surface area contributed by atoms with Crippen LogP contribution in [0.5, 0.6) is 11.5 Å². The van der Waals surface area contributed by atoms with Crippen LogP contribution < -0.4 is 14.8 Å². The quantitative estimate of drug-likeness (QED) is 0.609. The van der Waals surface area contributed by atoms with E-state index in [0.29, 0.717) is 30.4 Å². The zero-order chi connectivity index (χ0) is 17.2. The lowest BCUT2D eigenvalue weighted by atomic mass is 10.1. The first-order valence-corrected chi connectivity index (χ1v) is 6.90. The zero-order valence-electron chi connectivity index (χ0n) is 13.2. The Morgan fingerprint density at radius 1 is 1.17 bits per heavy atom. The van der Waals surface area contributed by atoms with Gasteiger partial charge in [0.15, 0.2) is 11.5 Å². The van der Waals surface area contributed by atoms with Crippen molar-refractivity contribution in [1.82, 2.24) is 0 Å². The molecule has 0 aliphatic rings. The Balaban J connectivity index is 3.37. The van der Waals surface area contributed by atoms with Gasteiger partial charge < -0.3 is 19.5 Å². The molecule has 7 heteroatoms. The van der Waals surface area contributed by atoms with Gasteiger partial charge in [-0.1, -0.05) is 0 Å². The number of esters is 1. The topological polar surface area (TPSA) is 104 Å². The molecular formula is C16H17N3O4. The second-order valence-electron chi connectivity index (χ2n) is 4.13. The highest BCUT2D eigenvalue weighted by Gasteiger charge is 2.17. The summed E-state index contributed by atoms with van der Waals surface area (Å²) in [6, 6.07) is 6.50. The second-order valence-corrected chi connectivity index (χ2v) is 4.13. The van der Waals surface area contributed by atoms with Gasteiger partial charge in [-0.3, -0.25) is 0 Å². The Morgan fingerprint density at radius 3 is 2.22 bits per heavy atom. The minimum atomic E-state index is -0.583. The average molecular weight is 315 g/mol. The zero-order valence-corrected chi connectivity index (χ0v) is 13.2. The van der Waals surface area contributed by atoms with E-state index in [9.17, 15) is 4.79 Å². The molecule has 0 saturated heterocycles. The molecule has 0 spiro atoms. The molecule has 1 aromatic rings. The second kappa shape index (κ2) is 8.96. The van der Waals surface area contributed by atoms with E-state index in [1.165, 1.54) is 19.4 Å². The third kappa shape index (κ3) is 4.65. The maximum atomic E-state index is 11.9. The molecule has 0 aromatic heterocycles. The normalized spacial score (nSPS) is 9.09. The molecular weight excluding hydrogens is 298 g/mol. The summed E-state index contributed by atoms with van der Waals surface area (Å²) in [6.45, 7) is 4.45. The number of hydrogen-bond donors (Lipinski definition) is 1. The van der Waals surface area contributed by atoms with E-state index in [-0.39, 0.29) is 11.1 Å². The van der Waals surface area contributed by atoms with Gasteiger partial charge in [-0.15, -0.1) is 0 Å². The Kier molecular flexibility index (Phi) is 6.96. The summed E-state index contributed by atoms with van der Waals surface area (Å²) >= 11 is 0. The van der Waals surface area contributed by atoms with Crippen molar-refractivity contribution in [2.75, 3.05) is 25.6 Å². The molecule has 0 amide bonds. The molecule has 0 radical (unpaired) electrons. The van der Waals surface area contributed by atoms with Crippen LogP contribution in [0.15, 0.2) is 23.9 Å². The van der Waals surface area contributed by atoms with Crippen molar-refractivity contribution in [2.24, 2.45) is 0 Å².